The van der Waals surface area contributed by atoms with Gasteiger partial charge in [-0.05, 0) is 18.8 Å². The standard InChI is InChI=1S/C12H12F4O7S/c13-11(14,12(15,16)24(19,20)21)3-22-10(18)7-4-1-5-6(2-4)9(17)23-8(5)7/h4-8H,1-3H2,(H,19,20,21). The van der Waals surface area contributed by atoms with E-state index in [-0.39, 0.29) is 17.8 Å². The van der Waals surface area contributed by atoms with Crippen molar-refractivity contribution in [1.29, 1.82) is 0 Å². The van der Waals surface area contributed by atoms with Crippen LogP contribution in [0.5, 0.6) is 0 Å². The Bertz CT molecular complexity index is 692. The average Bonchev–Trinajstić information content (AvgIpc) is 3.05. The van der Waals surface area contributed by atoms with E-state index < -0.39 is 51.9 Å². The first kappa shape index (κ1) is 17.4. The number of ether oxygens (including phenoxy) is 2. The molecule has 12 heteroatoms. The average molecular weight is 376 g/mol. The van der Waals surface area contributed by atoms with Gasteiger partial charge in [0.05, 0.1) is 11.8 Å². The number of rotatable bonds is 5. The molecular formula is C12H12F4O7S. The van der Waals surface area contributed by atoms with Crippen LogP contribution in [0.3, 0.4) is 0 Å². The van der Waals surface area contributed by atoms with E-state index in [1.165, 1.54) is 0 Å². The van der Waals surface area contributed by atoms with Gasteiger partial charge in [0.25, 0.3) is 0 Å². The van der Waals surface area contributed by atoms with Crippen molar-refractivity contribution in [2.75, 3.05) is 6.61 Å². The highest BCUT2D eigenvalue weighted by Crippen LogP contribution is 2.57. The van der Waals surface area contributed by atoms with Crippen molar-refractivity contribution in [1.82, 2.24) is 0 Å². The summed E-state index contributed by atoms with van der Waals surface area (Å²) in [6, 6.07) is 0. The Balaban J connectivity index is 1.68. The molecule has 0 spiro atoms. The van der Waals surface area contributed by atoms with E-state index >= 15 is 0 Å². The van der Waals surface area contributed by atoms with Crippen LogP contribution in [0.1, 0.15) is 12.8 Å². The molecule has 0 aromatic carbocycles. The molecule has 1 N–H and O–H groups in total. The van der Waals surface area contributed by atoms with Crippen LogP contribution in [0.4, 0.5) is 17.6 Å². The van der Waals surface area contributed by atoms with Gasteiger partial charge in [-0.1, -0.05) is 0 Å². The molecule has 3 rings (SSSR count). The first-order valence-electron chi connectivity index (χ1n) is 6.96. The summed E-state index contributed by atoms with van der Waals surface area (Å²) < 4.78 is 90.9. The van der Waals surface area contributed by atoms with Gasteiger partial charge in [-0.15, -0.1) is 0 Å². The Labute approximate surface area is 133 Å². The van der Waals surface area contributed by atoms with E-state index in [0.717, 1.165) is 0 Å². The molecule has 1 aliphatic heterocycles. The van der Waals surface area contributed by atoms with Crippen LogP contribution in [0.2, 0.25) is 0 Å². The maximum absolute atomic E-state index is 13.3. The molecule has 0 aromatic rings. The van der Waals surface area contributed by atoms with Crippen LogP contribution in [-0.4, -0.2) is 48.8 Å². The number of carbonyl (C=O) groups is 2. The van der Waals surface area contributed by atoms with Crippen LogP contribution >= 0.6 is 0 Å². The van der Waals surface area contributed by atoms with Crippen molar-refractivity contribution in [3.63, 3.8) is 0 Å². The monoisotopic (exact) mass is 376 g/mol. The smallest absolute Gasteiger partial charge is 0.435 e. The zero-order chi connectivity index (χ0) is 18.1. The summed E-state index contributed by atoms with van der Waals surface area (Å²) in [6.07, 6.45) is -0.0279. The molecule has 5 unspecified atom stereocenters. The number of esters is 2. The summed E-state index contributed by atoms with van der Waals surface area (Å²) in [5.74, 6) is -8.98. The van der Waals surface area contributed by atoms with E-state index in [9.17, 15) is 35.6 Å². The van der Waals surface area contributed by atoms with Gasteiger partial charge < -0.3 is 9.47 Å². The maximum Gasteiger partial charge on any atom is 0.435 e. The molecule has 0 aromatic heterocycles. The highest BCUT2D eigenvalue weighted by molar-refractivity contribution is 7.87. The molecule has 3 fully saturated rings. The number of fused-ring (bicyclic) bond motifs is 1. The van der Waals surface area contributed by atoms with E-state index in [2.05, 4.69) is 4.74 Å². The quantitative estimate of drug-likeness (QED) is 0.430. The number of hydrogen-bond acceptors (Lipinski definition) is 6. The molecule has 5 atom stereocenters. The highest BCUT2D eigenvalue weighted by atomic mass is 32.2. The van der Waals surface area contributed by atoms with Crippen LogP contribution in [0.15, 0.2) is 0 Å². The lowest BCUT2D eigenvalue weighted by Gasteiger charge is -2.26. The molecule has 136 valence electrons. The number of hydrogen-bond donors (Lipinski definition) is 1. The van der Waals surface area contributed by atoms with Crippen LogP contribution in [0, 0.1) is 23.7 Å². The van der Waals surface area contributed by atoms with Crippen molar-refractivity contribution < 1.29 is 49.6 Å². The molecule has 7 nitrogen and oxygen atoms in total. The first-order chi connectivity index (χ1) is 10.9. The van der Waals surface area contributed by atoms with Crippen molar-refractivity contribution >= 4 is 22.1 Å². The van der Waals surface area contributed by atoms with Gasteiger partial charge in [-0.25, -0.2) is 0 Å². The SMILES string of the molecule is O=C1OC2C3CC(CC13)C2C(=O)OCC(F)(F)C(F)(F)S(=O)(=O)O. The van der Waals surface area contributed by atoms with Crippen LogP contribution in [-0.2, 0) is 29.2 Å². The normalized spacial score (nSPS) is 35.2. The molecule has 1 saturated heterocycles. The number of carbonyl (C=O) groups excluding carboxylic acids is 2. The Hall–Kier alpha value is -1.43. The molecule has 1 heterocycles. The van der Waals surface area contributed by atoms with Crippen LogP contribution in [0.25, 0.3) is 0 Å². The maximum atomic E-state index is 13.3. The largest absolute Gasteiger partial charge is 0.461 e. The van der Waals surface area contributed by atoms with Crippen LogP contribution < -0.4 is 0 Å². The number of halogens is 4. The minimum atomic E-state index is -6.40. The molecular weight excluding hydrogens is 364 g/mol. The minimum absolute atomic E-state index is 0.222. The van der Waals surface area contributed by atoms with Gasteiger partial charge in [-0.2, -0.15) is 26.0 Å². The van der Waals surface area contributed by atoms with Crippen molar-refractivity contribution in [3.05, 3.63) is 0 Å². The van der Waals surface area contributed by atoms with Crippen molar-refractivity contribution in [3.8, 4) is 0 Å². The Kier molecular flexibility index (Phi) is 3.65. The Morgan fingerprint density at radius 1 is 1.29 bits per heavy atom. The van der Waals surface area contributed by atoms with Gasteiger partial charge >= 0.3 is 33.2 Å². The molecule has 0 amide bonds. The first-order valence-corrected chi connectivity index (χ1v) is 8.40. The topological polar surface area (TPSA) is 107 Å². The lowest BCUT2D eigenvalue weighted by molar-refractivity contribution is -0.200. The molecule has 24 heavy (non-hydrogen) atoms. The molecule has 2 aliphatic carbocycles. The predicted molar refractivity (Wildman–Crippen MR) is 65.5 cm³/mol. The molecule has 2 bridgehead atoms. The molecule has 2 saturated carbocycles. The van der Waals surface area contributed by atoms with E-state index in [0.29, 0.717) is 12.8 Å². The predicted octanol–water partition coefficient (Wildman–Crippen LogP) is 0.843. The molecule has 0 radical (unpaired) electrons. The highest BCUT2D eigenvalue weighted by Gasteiger charge is 2.67. The van der Waals surface area contributed by atoms with E-state index in [1.807, 2.05) is 0 Å². The summed E-state index contributed by atoms with van der Waals surface area (Å²) >= 11 is 0. The van der Waals surface area contributed by atoms with Gasteiger partial charge in [-0.3, -0.25) is 14.1 Å². The zero-order valence-electron chi connectivity index (χ0n) is 11.8. The van der Waals surface area contributed by atoms with Gasteiger partial charge in [0.15, 0.2) is 6.61 Å². The lowest BCUT2D eigenvalue weighted by atomic mass is 9.82. The fraction of sp³-hybridized carbons (Fsp3) is 0.833. The summed E-state index contributed by atoms with van der Waals surface area (Å²) in [4.78, 5) is 23.5. The van der Waals surface area contributed by atoms with E-state index in [1.54, 1.807) is 0 Å². The third-order valence-corrected chi connectivity index (χ3v) is 5.85. The van der Waals surface area contributed by atoms with Gasteiger partial charge in [0.1, 0.15) is 6.10 Å². The Morgan fingerprint density at radius 3 is 2.50 bits per heavy atom. The van der Waals surface area contributed by atoms with Gasteiger partial charge in [0, 0.05) is 5.92 Å². The number of alkyl halides is 4. The minimum Gasteiger partial charge on any atom is -0.461 e. The zero-order valence-corrected chi connectivity index (χ0v) is 12.6. The fourth-order valence-corrected chi connectivity index (χ4v) is 4.25. The fourth-order valence-electron chi connectivity index (χ4n) is 3.81. The summed E-state index contributed by atoms with van der Waals surface area (Å²) in [5.41, 5.74) is 0. The molecule has 3 aliphatic rings. The van der Waals surface area contributed by atoms with Crippen molar-refractivity contribution in [2.24, 2.45) is 23.7 Å². The third-order valence-electron chi connectivity index (χ3n) is 4.90. The third kappa shape index (κ3) is 2.30. The second kappa shape index (κ2) is 5.04. The summed E-state index contributed by atoms with van der Waals surface area (Å²) in [6.45, 7) is -2.23. The second-order valence-electron chi connectivity index (χ2n) is 6.23. The Morgan fingerprint density at radius 2 is 1.92 bits per heavy atom. The van der Waals surface area contributed by atoms with Crippen molar-refractivity contribution in [2.45, 2.75) is 30.1 Å². The van der Waals surface area contributed by atoms with E-state index in [4.69, 9.17) is 9.29 Å². The summed E-state index contributed by atoms with van der Waals surface area (Å²) in [7, 11) is -6.40. The van der Waals surface area contributed by atoms with Gasteiger partial charge in [0.2, 0.25) is 0 Å². The lowest BCUT2D eigenvalue weighted by Crippen LogP contribution is -2.50. The second-order valence-corrected chi connectivity index (χ2v) is 7.70. The summed E-state index contributed by atoms with van der Waals surface area (Å²) in [5, 5.41) is -5.81.